The molecule has 3 heterocycles. The summed E-state index contributed by atoms with van der Waals surface area (Å²) in [6.45, 7) is 1.37. The molecule has 5 N–H and O–H groups in total. The van der Waals surface area contributed by atoms with Crippen molar-refractivity contribution in [3.63, 3.8) is 0 Å². The molecule has 4 atom stereocenters. The van der Waals surface area contributed by atoms with Crippen molar-refractivity contribution in [3.8, 4) is 11.5 Å². The molecule has 1 fully saturated rings. The molecule has 1 aliphatic rings. The van der Waals surface area contributed by atoms with Crippen molar-refractivity contribution in [1.29, 1.82) is 0 Å². The molecule has 2 aromatic carbocycles. The number of aliphatic hydroxyl groups excluding tert-OH is 2. The smallest absolute Gasteiger partial charge is 0.249 e. The van der Waals surface area contributed by atoms with E-state index in [9.17, 15) is 19.8 Å². The van der Waals surface area contributed by atoms with Gasteiger partial charge >= 0.3 is 0 Å². The number of aromatic amines is 1. The molecule has 208 valence electrons. The number of nitrogens with one attached hydrogen (secondary N) is 3. The molecule has 0 saturated carbocycles. The van der Waals surface area contributed by atoms with Crippen LogP contribution in [-0.2, 0) is 9.53 Å². The molecule has 0 spiro atoms. The molecule has 2 unspecified atom stereocenters. The third-order valence-corrected chi connectivity index (χ3v) is 6.83. The maximum absolute atomic E-state index is 13.5. The number of aliphatic hydroxyl groups is 2. The number of hydrogen-bond donors (Lipinski definition) is 5. The van der Waals surface area contributed by atoms with Gasteiger partial charge < -0.3 is 35.3 Å². The lowest BCUT2D eigenvalue weighted by Crippen LogP contribution is -2.51. The fraction of sp³-hybridized carbons (Fsp3) is 0.310. The SMILES string of the molecule is CC(O)C(CO)NC(=O)[C@@H]1CC[C@@H](Nc2ncnc3[nH]cc(C(=O)c4ccc(Oc5ccccc5)cc4)c23)CO1. The summed E-state index contributed by atoms with van der Waals surface area (Å²) in [5.74, 6) is 1.25. The number of aromatic nitrogens is 3. The Bertz CT molecular complexity index is 1450. The van der Waals surface area contributed by atoms with Crippen molar-refractivity contribution >= 4 is 28.5 Å². The summed E-state index contributed by atoms with van der Waals surface area (Å²) in [6, 6.07) is 15.4. The second-order valence-electron chi connectivity index (χ2n) is 9.70. The third kappa shape index (κ3) is 6.12. The highest BCUT2D eigenvalue weighted by atomic mass is 16.5. The summed E-state index contributed by atoms with van der Waals surface area (Å²) in [5.41, 5.74) is 1.44. The molecule has 0 aliphatic carbocycles. The highest BCUT2D eigenvalue weighted by molar-refractivity contribution is 6.18. The minimum absolute atomic E-state index is 0.153. The van der Waals surface area contributed by atoms with Gasteiger partial charge in [0.2, 0.25) is 5.91 Å². The van der Waals surface area contributed by atoms with Gasteiger partial charge in [0, 0.05) is 11.8 Å². The third-order valence-electron chi connectivity index (χ3n) is 6.83. The number of nitrogens with zero attached hydrogens (tertiary/aromatic N) is 2. The van der Waals surface area contributed by atoms with Crippen molar-refractivity contribution in [2.45, 2.75) is 44.1 Å². The van der Waals surface area contributed by atoms with Gasteiger partial charge in [0.05, 0.1) is 42.4 Å². The van der Waals surface area contributed by atoms with Crippen LogP contribution in [0.5, 0.6) is 11.5 Å². The van der Waals surface area contributed by atoms with E-state index < -0.39 is 18.2 Å². The molecule has 40 heavy (non-hydrogen) atoms. The van der Waals surface area contributed by atoms with E-state index in [0.717, 1.165) is 0 Å². The summed E-state index contributed by atoms with van der Waals surface area (Å²) < 4.78 is 11.6. The number of ketones is 1. The van der Waals surface area contributed by atoms with E-state index in [1.165, 1.54) is 13.3 Å². The average molecular weight is 546 g/mol. The Balaban J connectivity index is 1.26. The van der Waals surface area contributed by atoms with Crippen LogP contribution >= 0.6 is 0 Å². The zero-order chi connectivity index (χ0) is 28.1. The summed E-state index contributed by atoms with van der Waals surface area (Å²) in [7, 11) is 0. The molecular weight excluding hydrogens is 514 g/mol. The summed E-state index contributed by atoms with van der Waals surface area (Å²) in [5, 5.41) is 25.5. The van der Waals surface area contributed by atoms with E-state index in [4.69, 9.17) is 9.47 Å². The number of amides is 1. The minimum atomic E-state index is -0.883. The van der Waals surface area contributed by atoms with Gasteiger partial charge in [0.15, 0.2) is 5.78 Å². The lowest BCUT2D eigenvalue weighted by Gasteiger charge is -2.30. The van der Waals surface area contributed by atoms with Crippen LogP contribution < -0.4 is 15.4 Å². The van der Waals surface area contributed by atoms with Crippen molar-refractivity contribution in [2.75, 3.05) is 18.5 Å². The summed E-state index contributed by atoms with van der Waals surface area (Å²) in [4.78, 5) is 37.7. The number of anilines is 1. The lowest BCUT2D eigenvalue weighted by atomic mass is 10.0. The number of hydrogen-bond acceptors (Lipinski definition) is 9. The first-order valence-electron chi connectivity index (χ1n) is 13.1. The molecule has 4 aromatic rings. The number of carbonyl (C=O) groups excluding carboxylic acids is 2. The number of H-pyrrole nitrogens is 1. The number of fused-ring (bicyclic) bond motifs is 1. The average Bonchev–Trinajstić information content (AvgIpc) is 3.42. The van der Waals surface area contributed by atoms with Gasteiger partial charge in [-0.25, -0.2) is 9.97 Å². The van der Waals surface area contributed by atoms with Gasteiger partial charge in [0.25, 0.3) is 0 Å². The molecule has 0 bridgehead atoms. The Hall–Kier alpha value is -4.32. The Labute approximate surface area is 230 Å². The maximum atomic E-state index is 13.5. The Morgan fingerprint density at radius 2 is 1.85 bits per heavy atom. The maximum Gasteiger partial charge on any atom is 0.249 e. The zero-order valence-electron chi connectivity index (χ0n) is 21.9. The van der Waals surface area contributed by atoms with Crippen molar-refractivity contribution in [1.82, 2.24) is 20.3 Å². The largest absolute Gasteiger partial charge is 0.457 e. The second kappa shape index (κ2) is 12.2. The molecule has 2 aromatic heterocycles. The molecule has 11 nitrogen and oxygen atoms in total. The number of ether oxygens (including phenoxy) is 2. The molecular formula is C29H31N5O6. The van der Waals surface area contributed by atoms with Crippen LogP contribution in [0.15, 0.2) is 67.1 Å². The zero-order valence-corrected chi connectivity index (χ0v) is 21.9. The van der Waals surface area contributed by atoms with Crippen LogP contribution in [0.4, 0.5) is 5.82 Å². The van der Waals surface area contributed by atoms with Crippen LogP contribution in [0, 0.1) is 0 Å². The predicted octanol–water partition coefficient (Wildman–Crippen LogP) is 2.80. The molecule has 5 rings (SSSR count). The van der Waals surface area contributed by atoms with Crippen molar-refractivity contribution in [3.05, 3.63) is 78.2 Å². The van der Waals surface area contributed by atoms with Gasteiger partial charge in [0.1, 0.15) is 35.4 Å². The highest BCUT2D eigenvalue weighted by Gasteiger charge is 2.30. The topological polar surface area (TPSA) is 159 Å². The van der Waals surface area contributed by atoms with E-state index in [0.29, 0.717) is 52.3 Å². The van der Waals surface area contributed by atoms with Gasteiger partial charge in [-0.3, -0.25) is 9.59 Å². The highest BCUT2D eigenvalue weighted by Crippen LogP contribution is 2.29. The quantitative estimate of drug-likeness (QED) is 0.189. The first-order chi connectivity index (χ1) is 19.4. The van der Waals surface area contributed by atoms with E-state index in [1.54, 1.807) is 30.5 Å². The molecule has 0 radical (unpaired) electrons. The fourth-order valence-corrected chi connectivity index (χ4v) is 4.57. The second-order valence-corrected chi connectivity index (χ2v) is 9.70. The summed E-state index contributed by atoms with van der Waals surface area (Å²) in [6.07, 6.45) is 2.51. The standard InChI is InChI=1S/C29H31N5O6/c1-17(36)23(14-35)34-29(38)24-12-9-19(15-39-24)33-28-25-22(13-30-27(25)31-16-32-28)26(37)18-7-10-21(11-8-18)40-20-5-3-2-4-6-20/h2-8,10-11,13,16-17,19,23-24,35-36H,9,12,14-15H2,1H3,(H,34,38)(H2,30,31,32,33)/t17?,19-,23?,24+/m1/s1. The van der Waals surface area contributed by atoms with Crippen LogP contribution in [0.2, 0.25) is 0 Å². The number of benzene rings is 2. The molecule has 1 amide bonds. The van der Waals surface area contributed by atoms with E-state index in [1.807, 2.05) is 30.3 Å². The fourth-order valence-electron chi connectivity index (χ4n) is 4.57. The number of para-hydroxylation sites is 1. The Morgan fingerprint density at radius 3 is 2.52 bits per heavy atom. The number of rotatable bonds is 10. The Kier molecular flexibility index (Phi) is 8.34. The molecule has 1 saturated heterocycles. The molecule has 1 aliphatic heterocycles. The van der Waals surface area contributed by atoms with Gasteiger partial charge in [-0.15, -0.1) is 0 Å². The first kappa shape index (κ1) is 27.3. The van der Waals surface area contributed by atoms with Crippen LogP contribution in [0.25, 0.3) is 11.0 Å². The van der Waals surface area contributed by atoms with Crippen LogP contribution in [0.3, 0.4) is 0 Å². The first-order valence-corrected chi connectivity index (χ1v) is 13.1. The summed E-state index contributed by atoms with van der Waals surface area (Å²) >= 11 is 0. The molecule has 11 heteroatoms. The monoisotopic (exact) mass is 545 g/mol. The van der Waals surface area contributed by atoms with Crippen LogP contribution in [0.1, 0.15) is 35.7 Å². The normalized spacial score (nSPS) is 18.6. The van der Waals surface area contributed by atoms with Crippen molar-refractivity contribution < 1.29 is 29.3 Å². The van der Waals surface area contributed by atoms with Gasteiger partial charge in [-0.05, 0) is 56.2 Å². The van der Waals surface area contributed by atoms with Crippen LogP contribution in [-0.4, -0.2) is 74.4 Å². The Morgan fingerprint density at radius 1 is 1.10 bits per heavy atom. The van der Waals surface area contributed by atoms with Gasteiger partial charge in [-0.1, -0.05) is 18.2 Å². The van der Waals surface area contributed by atoms with Crippen molar-refractivity contribution in [2.24, 2.45) is 0 Å². The van der Waals surface area contributed by atoms with E-state index in [2.05, 4.69) is 25.6 Å². The van der Waals surface area contributed by atoms with E-state index >= 15 is 0 Å². The minimum Gasteiger partial charge on any atom is -0.457 e. The predicted molar refractivity (Wildman–Crippen MR) is 147 cm³/mol. The lowest BCUT2D eigenvalue weighted by molar-refractivity contribution is -0.137. The van der Waals surface area contributed by atoms with Gasteiger partial charge in [-0.2, -0.15) is 0 Å². The van der Waals surface area contributed by atoms with E-state index in [-0.39, 0.29) is 30.9 Å². The number of carbonyl (C=O) groups is 2.